The van der Waals surface area contributed by atoms with Crippen molar-refractivity contribution in [3.8, 4) is 0 Å². The molecule has 0 aromatic heterocycles. The zero-order chi connectivity index (χ0) is 15.8. The van der Waals surface area contributed by atoms with Gasteiger partial charge in [0.2, 0.25) is 0 Å². The van der Waals surface area contributed by atoms with Gasteiger partial charge in [-0.05, 0) is 24.6 Å². The number of nitrogens with one attached hydrogen (secondary N) is 1. The Bertz CT molecular complexity index is 457. The summed E-state index contributed by atoms with van der Waals surface area (Å²) in [5.74, 6) is 1.01. The van der Waals surface area contributed by atoms with Gasteiger partial charge in [0.15, 0.2) is 5.96 Å². The Morgan fingerprint density at radius 3 is 2.39 bits per heavy atom. The summed E-state index contributed by atoms with van der Waals surface area (Å²) < 4.78 is 0. The van der Waals surface area contributed by atoms with E-state index < -0.39 is 0 Å². The van der Waals surface area contributed by atoms with Gasteiger partial charge in [0.05, 0.1) is 0 Å². The molecule has 1 aromatic rings. The zero-order valence-electron chi connectivity index (χ0n) is 14.2. The number of nitrogens with zero attached hydrogens (tertiary/aromatic N) is 3. The summed E-state index contributed by atoms with van der Waals surface area (Å²) in [4.78, 5) is 9.50. The van der Waals surface area contributed by atoms with Crippen LogP contribution in [0, 0.1) is 5.92 Å². The molecule has 1 saturated heterocycles. The lowest BCUT2D eigenvalue weighted by Gasteiger charge is -2.35. The van der Waals surface area contributed by atoms with Crippen LogP contribution in [-0.4, -0.2) is 61.6 Å². The lowest BCUT2D eigenvalue weighted by molar-refractivity contribution is 0.125. The van der Waals surface area contributed by atoms with Crippen molar-refractivity contribution >= 4 is 35.6 Å². The third-order valence-electron chi connectivity index (χ3n) is 4.10. The molecular formula is C17H30IN5. The summed E-state index contributed by atoms with van der Waals surface area (Å²) in [7, 11) is 0. The maximum Gasteiger partial charge on any atom is 0.193 e. The van der Waals surface area contributed by atoms with Crippen LogP contribution in [0.3, 0.4) is 0 Å². The number of piperazine rings is 1. The average molecular weight is 431 g/mol. The number of para-hydroxylation sites is 1. The average Bonchev–Trinajstić information content (AvgIpc) is 2.55. The molecule has 1 aliphatic heterocycles. The number of guanidine groups is 1. The first-order valence-corrected chi connectivity index (χ1v) is 8.24. The van der Waals surface area contributed by atoms with Gasteiger partial charge in [-0.2, -0.15) is 0 Å². The Morgan fingerprint density at radius 1 is 1.17 bits per heavy atom. The third-order valence-corrected chi connectivity index (χ3v) is 4.10. The molecule has 0 amide bonds. The van der Waals surface area contributed by atoms with E-state index >= 15 is 0 Å². The normalized spacial score (nSPS) is 18.3. The quantitative estimate of drug-likeness (QED) is 0.413. The largest absolute Gasteiger partial charge is 0.370 e. The number of anilines is 1. The minimum atomic E-state index is 0. The molecule has 1 aromatic carbocycles. The number of nitrogens with two attached hydrogens (primary N) is 1. The number of likely N-dealkylation sites (N-methyl/N-ethyl adjacent to an activating group) is 1. The van der Waals surface area contributed by atoms with Crippen molar-refractivity contribution in [2.24, 2.45) is 16.6 Å². The van der Waals surface area contributed by atoms with E-state index in [9.17, 15) is 0 Å². The van der Waals surface area contributed by atoms with Crippen molar-refractivity contribution in [3.63, 3.8) is 0 Å². The summed E-state index contributed by atoms with van der Waals surface area (Å²) in [6, 6.07) is 9.92. The van der Waals surface area contributed by atoms with Gasteiger partial charge in [0, 0.05) is 45.0 Å². The number of hydrogen-bond donors (Lipinski definition) is 2. The Kier molecular flexibility index (Phi) is 9.50. The molecule has 1 unspecified atom stereocenters. The highest BCUT2D eigenvalue weighted by molar-refractivity contribution is 14.0. The second-order valence-corrected chi connectivity index (χ2v) is 6.06. The molecular weight excluding hydrogens is 401 g/mol. The van der Waals surface area contributed by atoms with E-state index in [1.54, 1.807) is 0 Å². The number of benzene rings is 1. The van der Waals surface area contributed by atoms with E-state index in [0.29, 0.717) is 11.9 Å². The van der Waals surface area contributed by atoms with Crippen LogP contribution in [-0.2, 0) is 0 Å². The molecule has 0 radical (unpaired) electrons. The number of hydrogen-bond acceptors (Lipinski definition) is 3. The van der Waals surface area contributed by atoms with E-state index in [2.05, 4.69) is 34.0 Å². The Balaban J connectivity index is 0.00000264. The standard InChI is InChI=1S/C17H29N5.HI/c1-3-21-9-11-22(12-10-21)14-15(2)13-19-17(18)20-16-7-5-4-6-8-16;/h4-8,15H,3,9-14H2,1-2H3,(H3,18,19,20);1H. The molecule has 1 fully saturated rings. The first-order chi connectivity index (χ1) is 10.7. The van der Waals surface area contributed by atoms with Crippen molar-refractivity contribution < 1.29 is 0 Å². The maximum absolute atomic E-state index is 5.94. The van der Waals surface area contributed by atoms with Crippen molar-refractivity contribution in [2.45, 2.75) is 13.8 Å². The van der Waals surface area contributed by atoms with E-state index in [0.717, 1.165) is 25.3 Å². The Labute approximate surface area is 157 Å². The van der Waals surface area contributed by atoms with Gasteiger partial charge in [0.1, 0.15) is 0 Å². The monoisotopic (exact) mass is 431 g/mol. The lowest BCUT2D eigenvalue weighted by Crippen LogP contribution is -2.47. The molecule has 0 aliphatic carbocycles. The molecule has 23 heavy (non-hydrogen) atoms. The van der Waals surface area contributed by atoms with Crippen LogP contribution in [0.15, 0.2) is 35.3 Å². The van der Waals surface area contributed by atoms with E-state index in [1.807, 2.05) is 30.3 Å². The van der Waals surface area contributed by atoms with Crippen LogP contribution in [0.4, 0.5) is 5.69 Å². The smallest absolute Gasteiger partial charge is 0.193 e. The van der Waals surface area contributed by atoms with Crippen molar-refractivity contribution in [1.29, 1.82) is 0 Å². The summed E-state index contributed by atoms with van der Waals surface area (Å²) in [6.07, 6.45) is 0. The zero-order valence-corrected chi connectivity index (χ0v) is 16.6. The molecule has 0 bridgehead atoms. The molecule has 3 N–H and O–H groups in total. The maximum atomic E-state index is 5.94. The van der Waals surface area contributed by atoms with Crippen molar-refractivity contribution in [3.05, 3.63) is 30.3 Å². The molecule has 5 nitrogen and oxygen atoms in total. The minimum Gasteiger partial charge on any atom is -0.370 e. The number of aliphatic imine (C=N–C) groups is 1. The third kappa shape index (κ3) is 7.50. The fourth-order valence-electron chi connectivity index (χ4n) is 2.75. The van der Waals surface area contributed by atoms with Gasteiger partial charge in [0.25, 0.3) is 0 Å². The fraction of sp³-hybridized carbons (Fsp3) is 0.588. The van der Waals surface area contributed by atoms with E-state index in [1.165, 1.54) is 26.2 Å². The molecule has 0 saturated carbocycles. The number of halogens is 1. The molecule has 6 heteroatoms. The highest BCUT2D eigenvalue weighted by Gasteiger charge is 2.17. The minimum absolute atomic E-state index is 0. The summed E-state index contributed by atoms with van der Waals surface area (Å²) >= 11 is 0. The van der Waals surface area contributed by atoms with Crippen LogP contribution >= 0.6 is 24.0 Å². The summed E-state index contributed by atoms with van der Waals surface area (Å²) in [5.41, 5.74) is 6.92. The second-order valence-electron chi connectivity index (χ2n) is 6.06. The Hall–Kier alpha value is -0.860. The highest BCUT2D eigenvalue weighted by Crippen LogP contribution is 2.07. The topological polar surface area (TPSA) is 56.9 Å². The van der Waals surface area contributed by atoms with Gasteiger partial charge in [-0.3, -0.25) is 4.99 Å². The van der Waals surface area contributed by atoms with Crippen LogP contribution < -0.4 is 11.1 Å². The highest BCUT2D eigenvalue weighted by atomic mass is 127. The molecule has 1 atom stereocenters. The van der Waals surface area contributed by atoms with Gasteiger partial charge in [-0.15, -0.1) is 24.0 Å². The first kappa shape index (κ1) is 20.2. The van der Waals surface area contributed by atoms with Crippen molar-refractivity contribution in [1.82, 2.24) is 9.80 Å². The molecule has 130 valence electrons. The molecule has 2 rings (SSSR count). The molecule has 1 aliphatic rings. The van der Waals surface area contributed by atoms with Crippen molar-refractivity contribution in [2.75, 3.05) is 51.1 Å². The van der Waals surface area contributed by atoms with E-state index in [-0.39, 0.29) is 24.0 Å². The molecule has 0 spiro atoms. The van der Waals surface area contributed by atoms with Crippen LogP contribution in [0.2, 0.25) is 0 Å². The summed E-state index contributed by atoms with van der Waals surface area (Å²) in [6.45, 7) is 12.2. The van der Waals surface area contributed by atoms with Crippen LogP contribution in [0.5, 0.6) is 0 Å². The molecule has 1 heterocycles. The van der Waals surface area contributed by atoms with E-state index in [4.69, 9.17) is 5.73 Å². The summed E-state index contributed by atoms with van der Waals surface area (Å²) in [5, 5.41) is 3.12. The Morgan fingerprint density at radius 2 is 1.78 bits per heavy atom. The van der Waals surface area contributed by atoms with Crippen LogP contribution in [0.25, 0.3) is 0 Å². The van der Waals surface area contributed by atoms with Gasteiger partial charge in [-0.1, -0.05) is 32.0 Å². The lowest BCUT2D eigenvalue weighted by atomic mass is 10.1. The van der Waals surface area contributed by atoms with Gasteiger partial charge in [-0.25, -0.2) is 0 Å². The first-order valence-electron chi connectivity index (χ1n) is 8.24. The fourth-order valence-corrected chi connectivity index (χ4v) is 2.75. The predicted molar refractivity (Wildman–Crippen MR) is 110 cm³/mol. The SMILES string of the molecule is CCN1CCN(CC(C)CN=C(N)Nc2ccccc2)CC1.I. The van der Waals surface area contributed by atoms with Crippen LogP contribution in [0.1, 0.15) is 13.8 Å². The number of rotatable bonds is 6. The van der Waals surface area contributed by atoms with Gasteiger partial charge >= 0.3 is 0 Å². The second kappa shape index (κ2) is 10.8. The predicted octanol–water partition coefficient (Wildman–Crippen LogP) is 2.30. The van der Waals surface area contributed by atoms with Gasteiger partial charge < -0.3 is 20.9 Å².